The Morgan fingerprint density at radius 1 is 0.906 bits per heavy atom. The first-order chi connectivity index (χ1) is 15.6. The van der Waals surface area contributed by atoms with Gasteiger partial charge in [0, 0.05) is 26.9 Å². The van der Waals surface area contributed by atoms with Gasteiger partial charge in [-0.1, -0.05) is 73.0 Å². The topological polar surface area (TPSA) is 24.1 Å². The molecule has 0 amide bonds. The van der Waals surface area contributed by atoms with Crippen LogP contribution in [0.2, 0.25) is 5.02 Å². The van der Waals surface area contributed by atoms with Crippen LogP contribution in [-0.4, -0.2) is 10.7 Å². The molecule has 0 spiro atoms. The van der Waals surface area contributed by atoms with Crippen molar-refractivity contribution in [3.8, 4) is 0 Å². The van der Waals surface area contributed by atoms with Crippen molar-refractivity contribution in [2.24, 2.45) is 0 Å². The summed E-state index contributed by atoms with van der Waals surface area (Å²) in [6.45, 7) is 0. The van der Waals surface area contributed by atoms with Crippen LogP contribution in [0, 0.1) is 0 Å². The number of thioether (sulfide) groups is 1. The Morgan fingerprint density at radius 2 is 1.59 bits per heavy atom. The van der Waals surface area contributed by atoms with Crippen molar-refractivity contribution in [1.82, 2.24) is 5.32 Å². The van der Waals surface area contributed by atoms with Gasteiger partial charge < -0.3 is 10.6 Å². The SMILES string of the molecule is S=C(Nc1ccc(CSc2ccccc2)cc1)NC1(CCc2ccccc2Cl)CCCC1. The molecule has 0 heterocycles. The maximum atomic E-state index is 6.38. The third-order valence-electron chi connectivity index (χ3n) is 6.13. The van der Waals surface area contributed by atoms with E-state index in [1.165, 1.54) is 28.9 Å². The van der Waals surface area contributed by atoms with Gasteiger partial charge in [0.1, 0.15) is 0 Å². The number of nitrogens with one attached hydrogen (secondary N) is 2. The number of hydrogen-bond acceptors (Lipinski definition) is 2. The predicted octanol–water partition coefficient (Wildman–Crippen LogP) is 7.86. The van der Waals surface area contributed by atoms with Gasteiger partial charge in [-0.2, -0.15) is 0 Å². The van der Waals surface area contributed by atoms with Crippen LogP contribution >= 0.6 is 35.6 Å². The van der Waals surface area contributed by atoms with E-state index in [0.717, 1.165) is 42.1 Å². The van der Waals surface area contributed by atoms with Gasteiger partial charge in [-0.15, -0.1) is 11.8 Å². The number of hydrogen-bond donors (Lipinski definition) is 2. The third kappa shape index (κ3) is 6.50. The number of benzene rings is 3. The Morgan fingerprint density at radius 3 is 2.31 bits per heavy atom. The molecule has 2 nitrogen and oxygen atoms in total. The van der Waals surface area contributed by atoms with Gasteiger partial charge in [0.05, 0.1) is 0 Å². The zero-order chi connectivity index (χ0) is 22.2. The molecule has 1 fully saturated rings. The average molecular weight is 481 g/mol. The minimum atomic E-state index is 0.0511. The average Bonchev–Trinajstić information content (AvgIpc) is 3.27. The zero-order valence-corrected chi connectivity index (χ0v) is 20.5. The minimum Gasteiger partial charge on any atom is -0.357 e. The van der Waals surface area contributed by atoms with Gasteiger partial charge in [-0.3, -0.25) is 0 Å². The molecule has 0 unspecified atom stereocenters. The van der Waals surface area contributed by atoms with Gasteiger partial charge in [0.2, 0.25) is 0 Å². The molecule has 166 valence electrons. The molecule has 0 radical (unpaired) electrons. The van der Waals surface area contributed by atoms with Crippen LogP contribution < -0.4 is 10.6 Å². The minimum absolute atomic E-state index is 0.0511. The highest BCUT2D eigenvalue weighted by molar-refractivity contribution is 7.98. The molecule has 5 heteroatoms. The quantitative estimate of drug-likeness (QED) is 0.253. The number of thiocarbonyl (C=S) groups is 1. The van der Waals surface area contributed by atoms with Crippen molar-refractivity contribution >= 4 is 46.4 Å². The van der Waals surface area contributed by atoms with Crippen molar-refractivity contribution in [3.05, 3.63) is 95.0 Å². The van der Waals surface area contributed by atoms with Crippen LogP contribution in [0.3, 0.4) is 0 Å². The van der Waals surface area contributed by atoms with E-state index in [0.29, 0.717) is 5.11 Å². The Kier molecular flexibility index (Phi) is 8.12. The Bertz CT molecular complexity index is 1020. The molecule has 32 heavy (non-hydrogen) atoms. The summed E-state index contributed by atoms with van der Waals surface area (Å²) in [7, 11) is 0. The van der Waals surface area contributed by atoms with Gasteiger partial charge in [-0.25, -0.2) is 0 Å². The molecule has 1 saturated carbocycles. The molecule has 4 rings (SSSR count). The number of rotatable bonds is 8. The molecule has 0 aliphatic heterocycles. The summed E-state index contributed by atoms with van der Waals surface area (Å²) >= 11 is 13.9. The second-order valence-corrected chi connectivity index (χ2v) is 10.3. The monoisotopic (exact) mass is 480 g/mol. The van der Waals surface area contributed by atoms with E-state index in [-0.39, 0.29) is 5.54 Å². The summed E-state index contributed by atoms with van der Waals surface area (Å²) in [5.41, 5.74) is 3.59. The van der Waals surface area contributed by atoms with Crippen LogP contribution in [0.4, 0.5) is 5.69 Å². The lowest BCUT2D eigenvalue weighted by Crippen LogP contribution is -2.48. The van der Waals surface area contributed by atoms with Crippen LogP contribution in [0.15, 0.2) is 83.8 Å². The van der Waals surface area contributed by atoms with Crippen molar-refractivity contribution < 1.29 is 0 Å². The molecule has 0 bridgehead atoms. The van der Waals surface area contributed by atoms with Crippen molar-refractivity contribution in [2.45, 2.75) is 54.7 Å². The maximum absolute atomic E-state index is 6.38. The molecule has 3 aromatic rings. The van der Waals surface area contributed by atoms with Gasteiger partial charge in [-0.05, 0) is 79.4 Å². The summed E-state index contributed by atoms with van der Waals surface area (Å²) in [5.74, 6) is 0.956. The van der Waals surface area contributed by atoms with E-state index < -0.39 is 0 Å². The zero-order valence-electron chi connectivity index (χ0n) is 18.1. The lowest BCUT2D eigenvalue weighted by Gasteiger charge is -2.32. The number of aryl methyl sites for hydroxylation is 1. The molecule has 3 aromatic carbocycles. The molecular formula is C27H29ClN2S2. The maximum Gasteiger partial charge on any atom is 0.171 e. The molecule has 2 N–H and O–H groups in total. The smallest absolute Gasteiger partial charge is 0.171 e. The molecular weight excluding hydrogens is 452 g/mol. The predicted molar refractivity (Wildman–Crippen MR) is 143 cm³/mol. The molecule has 1 aliphatic rings. The fourth-order valence-corrected chi connectivity index (χ4v) is 5.78. The van der Waals surface area contributed by atoms with Crippen molar-refractivity contribution in [2.75, 3.05) is 5.32 Å². The number of anilines is 1. The second kappa shape index (κ2) is 11.2. The first-order valence-electron chi connectivity index (χ1n) is 11.2. The van der Waals surface area contributed by atoms with E-state index in [1.807, 2.05) is 30.0 Å². The van der Waals surface area contributed by atoms with E-state index in [4.69, 9.17) is 23.8 Å². The Balaban J connectivity index is 1.30. The van der Waals surface area contributed by atoms with E-state index in [9.17, 15) is 0 Å². The highest BCUT2D eigenvalue weighted by atomic mass is 35.5. The van der Waals surface area contributed by atoms with Crippen LogP contribution in [-0.2, 0) is 12.2 Å². The fourth-order valence-electron chi connectivity index (χ4n) is 4.34. The van der Waals surface area contributed by atoms with Crippen molar-refractivity contribution in [1.29, 1.82) is 0 Å². The second-order valence-electron chi connectivity index (χ2n) is 8.46. The van der Waals surface area contributed by atoms with E-state index >= 15 is 0 Å². The molecule has 0 atom stereocenters. The molecule has 1 aliphatic carbocycles. The highest BCUT2D eigenvalue weighted by Gasteiger charge is 2.34. The van der Waals surface area contributed by atoms with Gasteiger partial charge in [0.15, 0.2) is 5.11 Å². The Labute approximate surface area is 206 Å². The summed E-state index contributed by atoms with van der Waals surface area (Å²) in [5, 5.41) is 8.62. The lowest BCUT2D eigenvalue weighted by molar-refractivity contribution is 0.362. The van der Waals surface area contributed by atoms with Crippen LogP contribution in [0.1, 0.15) is 43.2 Å². The summed E-state index contributed by atoms with van der Waals surface area (Å²) in [6, 6.07) is 27.2. The first-order valence-corrected chi connectivity index (χ1v) is 13.0. The Hall–Kier alpha value is -2.01. The van der Waals surface area contributed by atoms with Crippen LogP contribution in [0.25, 0.3) is 0 Å². The summed E-state index contributed by atoms with van der Waals surface area (Å²) in [6.07, 6.45) is 6.78. The molecule has 0 saturated heterocycles. The van der Waals surface area contributed by atoms with E-state index in [1.54, 1.807) is 0 Å². The van der Waals surface area contributed by atoms with Crippen LogP contribution in [0.5, 0.6) is 0 Å². The highest BCUT2D eigenvalue weighted by Crippen LogP contribution is 2.34. The largest absolute Gasteiger partial charge is 0.357 e. The fraction of sp³-hybridized carbons (Fsp3) is 0.296. The third-order valence-corrected chi connectivity index (χ3v) is 7.79. The molecule has 0 aromatic heterocycles. The van der Waals surface area contributed by atoms with Gasteiger partial charge >= 0.3 is 0 Å². The van der Waals surface area contributed by atoms with Crippen molar-refractivity contribution in [3.63, 3.8) is 0 Å². The lowest BCUT2D eigenvalue weighted by atomic mass is 9.89. The summed E-state index contributed by atoms with van der Waals surface area (Å²) in [4.78, 5) is 1.29. The van der Waals surface area contributed by atoms with Gasteiger partial charge in [0.25, 0.3) is 0 Å². The first kappa shape index (κ1) is 23.2. The normalized spacial score (nSPS) is 14.8. The summed E-state index contributed by atoms with van der Waals surface area (Å²) < 4.78 is 0. The standard InChI is InChI=1S/C27H29ClN2S2/c28-25-11-5-4-8-22(25)16-19-27(17-6-7-18-27)30-26(31)29-23-14-12-21(13-15-23)20-32-24-9-2-1-3-10-24/h1-5,8-15H,6-7,16-20H2,(H2,29,30,31). The number of halogens is 1. The van der Waals surface area contributed by atoms with E-state index in [2.05, 4.69) is 71.3 Å².